The van der Waals surface area contributed by atoms with Crippen molar-refractivity contribution in [3.05, 3.63) is 47.8 Å². The molecule has 26 heavy (non-hydrogen) atoms. The number of para-hydroxylation sites is 1. The molecule has 7 heteroatoms. The Labute approximate surface area is 153 Å². The lowest BCUT2D eigenvalue weighted by molar-refractivity contribution is 0.0325. The molecule has 0 radical (unpaired) electrons. The zero-order chi connectivity index (χ0) is 18.5. The lowest BCUT2D eigenvalue weighted by Gasteiger charge is -2.10. The van der Waals surface area contributed by atoms with E-state index in [1.165, 1.54) is 0 Å². The Bertz CT molecular complexity index is 683. The molecule has 140 valence electrons. The molecular weight excluding hydrogens is 337 g/mol. The molecule has 0 aliphatic heterocycles. The molecule has 2 aromatic rings. The van der Waals surface area contributed by atoms with Gasteiger partial charge in [0.15, 0.2) is 0 Å². The normalized spacial score (nSPS) is 11.0. The van der Waals surface area contributed by atoms with Crippen LogP contribution in [0, 0.1) is 0 Å². The van der Waals surface area contributed by atoms with Crippen LogP contribution in [-0.4, -0.2) is 56.7 Å². The van der Waals surface area contributed by atoms with Crippen molar-refractivity contribution >= 4 is 18.1 Å². The van der Waals surface area contributed by atoms with E-state index in [4.69, 9.17) is 14.2 Å². The highest BCUT2D eigenvalue weighted by Gasteiger charge is 2.01. The van der Waals surface area contributed by atoms with Crippen LogP contribution in [0.25, 0.3) is 12.2 Å². The van der Waals surface area contributed by atoms with Crippen LogP contribution in [-0.2, 0) is 9.47 Å². The van der Waals surface area contributed by atoms with E-state index in [-0.39, 0.29) is 6.61 Å². The van der Waals surface area contributed by atoms with Crippen LogP contribution in [0.3, 0.4) is 0 Å². The fraction of sp³-hybridized carbons (Fsp3) is 0.368. The summed E-state index contributed by atoms with van der Waals surface area (Å²) in [7, 11) is 1.78. The zero-order valence-corrected chi connectivity index (χ0v) is 14.9. The summed E-state index contributed by atoms with van der Waals surface area (Å²) in [6.45, 7) is 1.31. The summed E-state index contributed by atoms with van der Waals surface area (Å²) in [6, 6.07) is 9.58. The number of benzene rings is 1. The minimum atomic E-state index is -0.474. The Hall–Kier alpha value is -2.51. The molecule has 6 nitrogen and oxygen atoms in total. The van der Waals surface area contributed by atoms with E-state index in [2.05, 4.69) is 15.3 Å². The van der Waals surface area contributed by atoms with Crippen LogP contribution in [0.5, 0.6) is 5.75 Å². The number of nitrogens with one attached hydrogen (secondary N) is 1. The number of hydrogen-bond acceptors (Lipinski definition) is 6. The summed E-state index contributed by atoms with van der Waals surface area (Å²) in [6.07, 6.45) is 5.56. The van der Waals surface area contributed by atoms with Crippen molar-refractivity contribution in [3.63, 3.8) is 0 Å². The van der Waals surface area contributed by atoms with E-state index >= 15 is 0 Å². The molecule has 1 aromatic carbocycles. The van der Waals surface area contributed by atoms with Crippen molar-refractivity contribution in [2.75, 3.05) is 52.1 Å². The van der Waals surface area contributed by atoms with E-state index < -0.39 is 6.67 Å². The molecule has 1 heterocycles. The predicted molar refractivity (Wildman–Crippen MR) is 100 cm³/mol. The molecule has 1 N–H and O–H groups in total. The smallest absolute Gasteiger partial charge is 0.222 e. The molecular formula is C19H24FN3O3. The Balaban J connectivity index is 1.82. The second-order valence-electron chi connectivity index (χ2n) is 5.19. The van der Waals surface area contributed by atoms with Crippen molar-refractivity contribution in [1.29, 1.82) is 0 Å². The van der Waals surface area contributed by atoms with Gasteiger partial charge in [-0.05, 0) is 24.3 Å². The van der Waals surface area contributed by atoms with Gasteiger partial charge in [-0.15, -0.1) is 0 Å². The Kier molecular flexibility index (Phi) is 9.10. The molecule has 0 unspecified atom stereocenters. The van der Waals surface area contributed by atoms with Crippen molar-refractivity contribution in [2.45, 2.75) is 0 Å². The third-order valence-electron chi connectivity index (χ3n) is 3.33. The second-order valence-corrected chi connectivity index (χ2v) is 5.19. The molecule has 0 bridgehead atoms. The number of aromatic nitrogens is 2. The highest BCUT2D eigenvalue weighted by atomic mass is 19.1. The number of halogens is 1. The third kappa shape index (κ3) is 7.16. The average Bonchev–Trinajstić information content (AvgIpc) is 2.69. The molecule has 0 amide bonds. The van der Waals surface area contributed by atoms with Crippen LogP contribution >= 0.6 is 0 Å². The Morgan fingerprint density at radius 3 is 2.58 bits per heavy atom. The maximum Gasteiger partial charge on any atom is 0.222 e. The maximum absolute atomic E-state index is 11.9. The summed E-state index contributed by atoms with van der Waals surface area (Å²) in [5, 5.41) is 2.91. The van der Waals surface area contributed by atoms with Gasteiger partial charge in [0.05, 0.1) is 32.1 Å². The van der Waals surface area contributed by atoms with Crippen LogP contribution < -0.4 is 10.1 Å². The fourth-order valence-corrected chi connectivity index (χ4v) is 2.10. The molecule has 0 atom stereocenters. The minimum Gasteiger partial charge on any atom is -0.491 e. The number of ether oxygens (including phenoxy) is 3. The number of nitrogens with zero attached hydrogens (tertiary/aromatic N) is 2. The van der Waals surface area contributed by atoms with Gasteiger partial charge >= 0.3 is 0 Å². The standard InChI is InChI=1S/C19H24FN3O3/c1-21-19-22-10-8-17(23-19)7-6-16-4-2-3-5-18(16)26-15-14-25-13-12-24-11-9-20/h2-8,10H,9,11-15H2,1H3,(H,21,22,23). The van der Waals surface area contributed by atoms with Crippen molar-refractivity contribution in [2.24, 2.45) is 0 Å². The SMILES string of the molecule is CNc1nccc(C=Cc2ccccc2OCCOCCOCCF)n1. The second kappa shape index (κ2) is 11.9. The number of alkyl halides is 1. The van der Waals surface area contributed by atoms with Crippen molar-refractivity contribution < 1.29 is 18.6 Å². The van der Waals surface area contributed by atoms with Gasteiger partial charge in [-0.3, -0.25) is 0 Å². The molecule has 0 fully saturated rings. The first-order valence-corrected chi connectivity index (χ1v) is 8.45. The van der Waals surface area contributed by atoms with E-state index in [1.54, 1.807) is 13.2 Å². The summed E-state index contributed by atoms with van der Waals surface area (Å²) in [5.74, 6) is 1.34. The van der Waals surface area contributed by atoms with Crippen LogP contribution in [0.15, 0.2) is 36.5 Å². The lowest BCUT2D eigenvalue weighted by Crippen LogP contribution is -2.11. The quantitative estimate of drug-likeness (QED) is 0.586. The molecule has 2 rings (SSSR count). The third-order valence-corrected chi connectivity index (χ3v) is 3.33. The van der Waals surface area contributed by atoms with Crippen LogP contribution in [0.2, 0.25) is 0 Å². The molecule has 0 saturated carbocycles. The summed E-state index contributed by atoms with van der Waals surface area (Å²) in [5.41, 5.74) is 1.75. The van der Waals surface area contributed by atoms with Gasteiger partial charge in [0, 0.05) is 18.8 Å². The van der Waals surface area contributed by atoms with Gasteiger partial charge in [0.25, 0.3) is 0 Å². The van der Waals surface area contributed by atoms with Gasteiger partial charge in [0.2, 0.25) is 5.95 Å². The maximum atomic E-state index is 11.9. The first-order valence-electron chi connectivity index (χ1n) is 8.45. The molecule has 0 spiro atoms. The number of rotatable bonds is 12. The van der Waals surface area contributed by atoms with Crippen LogP contribution in [0.1, 0.15) is 11.3 Å². The lowest BCUT2D eigenvalue weighted by atomic mass is 10.1. The molecule has 0 aliphatic carbocycles. The van der Waals surface area contributed by atoms with Gasteiger partial charge in [-0.2, -0.15) is 0 Å². The van der Waals surface area contributed by atoms with Gasteiger partial charge in [0.1, 0.15) is 19.0 Å². The Morgan fingerprint density at radius 2 is 1.77 bits per heavy atom. The van der Waals surface area contributed by atoms with Gasteiger partial charge in [-0.1, -0.05) is 18.2 Å². The number of anilines is 1. The predicted octanol–water partition coefficient (Wildman–Crippen LogP) is 3.07. The summed E-state index contributed by atoms with van der Waals surface area (Å²) < 4.78 is 28.0. The molecule has 0 saturated heterocycles. The first-order chi connectivity index (χ1) is 12.8. The first kappa shape index (κ1) is 19.8. The monoisotopic (exact) mass is 361 g/mol. The summed E-state index contributed by atoms with van der Waals surface area (Å²) >= 11 is 0. The fourth-order valence-electron chi connectivity index (χ4n) is 2.10. The van der Waals surface area contributed by atoms with E-state index in [0.29, 0.717) is 32.4 Å². The van der Waals surface area contributed by atoms with Crippen LogP contribution in [0.4, 0.5) is 10.3 Å². The Morgan fingerprint density at radius 1 is 1.00 bits per heavy atom. The zero-order valence-electron chi connectivity index (χ0n) is 14.9. The van der Waals surface area contributed by atoms with Gasteiger partial charge < -0.3 is 19.5 Å². The summed E-state index contributed by atoms with van der Waals surface area (Å²) in [4.78, 5) is 8.44. The average molecular weight is 361 g/mol. The van der Waals surface area contributed by atoms with E-state index in [9.17, 15) is 4.39 Å². The van der Waals surface area contributed by atoms with E-state index in [0.717, 1.165) is 17.0 Å². The molecule has 0 aliphatic rings. The van der Waals surface area contributed by atoms with E-state index in [1.807, 2.05) is 42.5 Å². The highest BCUT2D eigenvalue weighted by molar-refractivity contribution is 5.71. The van der Waals surface area contributed by atoms with Crippen molar-refractivity contribution in [1.82, 2.24) is 9.97 Å². The molecule has 1 aromatic heterocycles. The van der Waals surface area contributed by atoms with Crippen molar-refractivity contribution in [3.8, 4) is 5.75 Å². The largest absolute Gasteiger partial charge is 0.491 e. The topological polar surface area (TPSA) is 65.5 Å². The van der Waals surface area contributed by atoms with Gasteiger partial charge in [-0.25, -0.2) is 14.4 Å². The minimum absolute atomic E-state index is 0.113. The highest BCUT2D eigenvalue weighted by Crippen LogP contribution is 2.20. The number of hydrogen-bond donors (Lipinski definition) is 1.